The Bertz CT molecular complexity index is 261. The van der Waals surface area contributed by atoms with Crippen molar-refractivity contribution in [3.63, 3.8) is 0 Å². The molecule has 0 unspecified atom stereocenters. The first-order chi connectivity index (χ1) is 4.93. The van der Waals surface area contributed by atoms with Gasteiger partial charge in [-0.3, -0.25) is 0 Å². The Morgan fingerprint density at radius 3 is 2.18 bits per heavy atom. The van der Waals surface area contributed by atoms with Crippen molar-refractivity contribution >= 4 is 0 Å². The summed E-state index contributed by atoms with van der Waals surface area (Å²) in [6, 6.07) is 0. The second kappa shape index (κ2) is 2.25. The molecular formula is C6H7F3N2. The van der Waals surface area contributed by atoms with Crippen molar-refractivity contribution in [2.45, 2.75) is 13.1 Å². The van der Waals surface area contributed by atoms with E-state index >= 15 is 0 Å². The van der Waals surface area contributed by atoms with Crippen LogP contribution in [0.4, 0.5) is 13.2 Å². The minimum atomic E-state index is -4.33. The molecule has 62 valence electrons. The molecule has 0 atom stereocenters. The molecule has 1 aromatic heterocycles. The summed E-state index contributed by atoms with van der Waals surface area (Å²) in [5.74, 6) is 0. The van der Waals surface area contributed by atoms with E-state index in [0.29, 0.717) is 0 Å². The largest absolute Gasteiger partial charge is 0.435 e. The summed E-state index contributed by atoms with van der Waals surface area (Å²) in [6.45, 7) is 1.38. The third-order valence-electron chi connectivity index (χ3n) is 1.50. The van der Waals surface area contributed by atoms with Crippen molar-refractivity contribution in [1.29, 1.82) is 0 Å². The van der Waals surface area contributed by atoms with Crippen LogP contribution in [0.5, 0.6) is 0 Å². The molecule has 0 saturated carbocycles. The van der Waals surface area contributed by atoms with E-state index in [0.717, 1.165) is 6.33 Å². The zero-order valence-electron chi connectivity index (χ0n) is 6.11. The van der Waals surface area contributed by atoms with E-state index in [4.69, 9.17) is 0 Å². The topological polar surface area (TPSA) is 17.8 Å². The van der Waals surface area contributed by atoms with Crippen molar-refractivity contribution in [3.8, 4) is 0 Å². The molecule has 5 heteroatoms. The second-order valence-corrected chi connectivity index (χ2v) is 2.29. The van der Waals surface area contributed by atoms with E-state index in [-0.39, 0.29) is 5.69 Å². The SMILES string of the molecule is Cc1c(C(F)(F)F)ncn1C. The van der Waals surface area contributed by atoms with E-state index in [2.05, 4.69) is 4.98 Å². The summed E-state index contributed by atoms with van der Waals surface area (Å²) < 4.78 is 37.3. The van der Waals surface area contributed by atoms with Crippen LogP contribution in [-0.4, -0.2) is 9.55 Å². The number of aryl methyl sites for hydroxylation is 1. The van der Waals surface area contributed by atoms with Crippen LogP contribution in [0.2, 0.25) is 0 Å². The molecule has 2 nitrogen and oxygen atoms in total. The fraction of sp³-hybridized carbons (Fsp3) is 0.500. The normalized spacial score (nSPS) is 12.1. The number of rotatable bonds is 0. The van der Waals surface area contributed by atoms with Crippen LogP contribution < -0.4 is 0 Å². The monoisotopic (exact) mass is 164 g/mol. The molecule has 1 rings (SSSR count). The third kappa shape index (κ3) is 1.36. The van der Waals surface area contributed by atoms with Gasteiger partial charge >= 0.3 is 6.18 Å². The van der Waals surface area contributed by atoms with Gasteiger partial charge in [0, 0.05) is 12.7 Å². The molecule has 0 N–H and O–H groups in total. The quantitative estimate of drug-likeness (QED) is 0.571. The fourth-order valence-electron chi connectivity index (χ4n) is 0.770. The molecule has 0 spiro atoms. The maximum atomic E-state index is 12.0. The van der Waals surface area contributed by atoms with Crippen molar-refractivity contribution < 1.29 is 13.2 Å². The van der Waals surface area contributed by atoms with Gasteiger partial charge in [-0.05, 0) is 6.92 Å². The van der Waals surface area contributed by atoms with Gasteiger partial charge in [-0.1, -0.05) is 0 Å². The molecule has 0 radical (unpaired) electrons. The smallest absolute Gasteiger partial charge is 0.337 e. The van der Waals surface area contributed by atoms with Gasteiger partial charge in [0.2, 0.25) is 0 Å². The number of hydrogen-bond acceptors (Lipinski definition) is 1. The molecule has 0 amide bonds. The highest BCUT2D eigenvalue weighted by Gasteiger charge is 2.35. The first kappa shape index (κ1) is 8.10. The van der Waals surface area contributed by atoms with Crippen molar-refractivity contribution in [1.82, 2.24) is 9.55 Å². The molecule has 11 heavy (non-hydrogen) atoms. The molecule has 0 bridgehead atoms. The van der Waals surface area contributed by atoms with Gasteiger partial charge < -0.3 is 4.57 Å². The number of alkyl halides is 3. The lowest BCUT2D eigenvalue weighted by Crippen LogP contribution is -2.08. The highest BCUT2D eigenvalue weighted by Crippen LogP contribution is 2.29. The van der Waals surface area contributed by atoms with Crippen LogP contribution in [0.1, 0.15) is 11.4 Å². The second-order valence-electron chi connectivity index (χ2n) is 2.29. The Morgan fingerprint density at radius 1 is 1.45 bits per heavy atom. The molecule has 1 aromatic rings. The van der Waals surface area contributed by atoms with E-state index in [1.165, 1.54) is 18.5 Å². The van der Waals surface area contributed by atoms with E-state index in [1.807, 2.05) is 0 Å². The summed E-state index contributed by atoms with van der Waals surface area (Å²) >= 11 is 0. The van der Waals surface area contributed by atoms with Gasteiger partial charge in [0.05, 0.1) is 6.33 Å². The van der Waals surface area contributed by atoms with Gasteiger partial charge in [0.1, 0.15) is 0 Å². The Kier molecular flexibility index (Phi) is 1.66. The molecule has 0 aliphatic carbocycles. The number of hydrogen-bond donors (Lipinski definition) is 0. The Balaban J connectivity index is 3.15. The third-order valence-corrected chi connectivity index (χ3v) is 1.50. The Morgan fingerprint density at radius 2 is 2.00 bits per heavy atom. The summed E-state index contributed by atoms with van der Waals surface area (Å²) in [5.41, 5.74) is -0.669. The van der Waals surface area contributed by atoms with Crippen LogP contribution in [0.15, 0.2) is 6.33 Å². The lowest BCUT2D eigenvalue weighted by molar-refractivity contribution is -0.141. The van der Waals surface area contributed by atoms with Gasteiger partial charge in [-0.2, -0.15) is 13.2 Å². The summed E-state index contributed by atoms with van der Waals surface area (Å²) in [6.07, 6.45) is -3.18. The number of aromatic nitrogens is 2. The number of nitrogens with zero attached hydrogens (tertiary/aromatic N) is 2. The highest BCUT2D eigenvalue weighted by atomic mass is 19.4. The first-order valence-corrected chi connectivity index (χ1v) is 2.98. The number of imidazole rings is 1. The van der Waals surface area contributed by atoms with Crippen molar-refractivity contribution in [3.05, 3.63) is 17.7 Å². The average molecular weight is 164 g/mol. The molecule has 0 aliphatic heterocycles. The van der Waals surface area contributed by atoms with Crippen LogP contribution in [-0.2, 0) is 13.2 Å². The molecule has 0 aliphatic rings. The summed E-state index contributed by atoms with van der Waals surface area (Å²) in [4.78, 5) is 3.22. The Labute approximate surface area is 61.7 Å². The van der Waals surface area contributed by atoms with Crippen LogP contribution in [0, 0.1) is 6.92 Å². The molecule has 0 aromatic carbocycles. The predicted octanol–water partition coefficient (Wildman–Crippen LogP) is 1.75. The van der Waals surface area contributed by atoms with E-state index < -0.39 is 11.9 Å². The highest BCUT2D eigenvalue weighted by molar-refractivity contribution is 5.13. The minimum absolute atomic E-state index is 0.137. The van der Waals surface area contributed by atoms with Crippen molar-refractivity contribution in [2.24, 2.45) is 7.05 Å². The zero-order valence-corrected chi connectivity index (χ0v) is 6.11. The van der Waals surface area contributed by atoms with Gasteiger partial charge in [-0.15, -0.1) is 0 Å². The lowest BCUT2D eigenvalue weighted by Gasteiger charge is -2.03. The fourth-order valence-corrected chi connectivity index (χ4v) is 0.770. The minimum Gasteiger partial charge on any atom is -0.337 e. The van der Waals surface area contributed by atoms with Crippen molar-refractivity contribution in [2.75, 3.05) is 0 Å². The lowest BCUT2D eigenvalue weighted by atomic mass is 10.3. The number of halogens is 3. The van der Waals surface area contributed by atoms with E-state index in [9.17, 15) is 13.2 Å². The Hall–Kier alpha value is -1.00. The maximum Gasteiger partial charge on any atom is 0.435 e. The van der Waals surface area contributed by atoms with Gasteiger partial charge in [0.25, 0.3) is 0 Å². The molecule has 1 heterocycles. The van der Waals surface area contributed by atoms with Crippen LogP contribution in [0.3, 0.4) is 0 Å². The zero-order chi connectivity index (χ0) is 8.65. The van der Waals surface area contributed by atoms with Crippen LogP contribution in [0.25, 0.3) is 0 Å². The molecule has 0 fully saturated rings. The van der Waals surface area contributed by atoms with Gasteiger partial charge in [-0.25, -0.2) is 4.98 Å². The first-order valence-electron chi connectivity index (χ1n) is 2.98. The average Bonchev–Trinajstić information content (AvgIpc) is 2.11. The maximum absolute atomic E-state index is 12.0. The molecule has 0 saturated heterocycles. The van der Waals surface area contributed by atoms with E-state index in [1.54, 1.807) is 0 Å². The summed E-state index contributed by atoms with van der Waals surface area (Å²) in [7, 11) is 1.53. The standard InChI is InChI=1S/C6H7F3N2/c1-4-5(6(7,8)9)10-3-11(4)2/h3H,1-2H3. The van der Waals surface area contributed by atoms with Crippen LogP contribution >= 0.6 is 0 Å². The molecular weight excluding hydrogens is 157 g/mol. The predicted molar refractivity (Wildman–Crippen MR) is 32.9 cm³/mol. The summed E-state index contributed by atoms with van der Waals surface area (Å²) in [5, 5.41) is 0. The van der Waals surface area contributed by atoms with Gasteiger partial charge in [0.15, 0.2) is 5.69 Å².